The maximum absolute atomic E-state index is 2.39. The molecule has 1 heteroatoms. The Balaban J connectivity index is 0. The van der Waals surface area contributed by atoms with E-state index in [9.17, 15) is 0 Å². The number of rotatable bonds is 4. The Morgan fingerprint density at radius 2 is 1.31 bits per heavy atom. The van der Waals surface area contributed by atoms with Crippen molar-refractivity contribution in [3.63, 3.8) is 0 Å². The minimum absolute atomic E-state index is 0.516. The van der Waals surface area contributed by atoms with E-state index in [0.29, 0.717) is 5.41 Å². The van der Waals surface area contributed by atoms with Crippen LogP contribution in [-0.2, 0) is 0 Å². The summed E-state index contributed by atoms with van der Waals surface area (Å²) < 4.78 is 0. The van der Waals surface area contributed by atoms with Crippen molar-refractivity contribution < 1.29 is 0 Å². The van der Waals surface area contributed by atoms with Gasteiger partial charge < -0.3 is 4.90 Å². The number of hydrogen-bond donors (Lipinski definition) is 0. The SMILES string of the molecule is CCC(C)C(C)CCC(C)(C)C.CN(C)C. The first kappa shape index (κ1) is 18.3. The highest BCUT2D eigenvalue weighted by Crippen LogP contribution is 2.27. The maximum atomic E-state index is 2.39. The zero-order valence-electron chi connectivity index (χ0n) is 13.2. The predicted molar refractivity (Wildman–Crippen MR) is 76.9 cm³/mol. The van der Waals surface area contributed by atoms with E-state index < -0.39 is 0 Å². The number of hydrogen-bond acceptors (Lipinski definition) is 1. The highest BCUT2D eigenvalue weighted by atomic mass is 15.0. The van der Waals surface area contributed by atoms with Gasteiger partial charge in [0.25, 0.3) is 0 Å². The van der Waals surface area contributed by atoms with Crippen LogP contribution < -0.4 is 0 Å². The highest BCUT2D eigenvalue weighted by molar-refractivity contribution is 4.66. The van der Waals surface area contributed by atoms with Gasteiger partial charge in [0.1, 0.15) is 0 Å². The normalized spacial score (nSPS) is 15.4. The van der Waals surface area contributed by atoms with Gasteiger partial charge >= 0.3 is 0 Å². The van der Waals surface area contributed by atoms with Crippen LogP contribution in [0.15, 0.2) is 0 Å². The first-order valence-electron chi connectivity index (χ1n) is 6.71. The standard InChI is InChI=1S/C12H26.C3H9N/c1-7-10(2)11(3)8-9-12(4,5)6;1-4(2)3/h10-11H,7-9H2,1-6H3;1-3H3. The summed E-state index contributed by atoms with van der Waals surface area (Å²) in [7, 11) is 6.00. The Morgan fingerprint density at radius 3 is 1.56 bits per heavy atom. The second-order valence-electron chi connectivity index (χ2n) is 6.80. The molecule has 1 nitrogen and oxygen atoms in total. The van der Waals surface area contributed by atoms with E-state index in [1.807, 2.05) is 26.0 Å². The van der Waals surface area contributed by atoms with Crippen molar-refractivity contribution in [3.8, 4) is 0 Å². The van der Waals surface area contributed by atoms with Crippen LogP contribution >= 0.6 is 0 Å². The van der Waals surface area contributed by atoms with Crippen molar-refractivity contribution in [1.82, 2.24) is 4.90 Å². The minimum Gasteiger partial charge on any atom is -0.312 e. The molecule has 0 heterocycles. The molecule has 0 saturated carbocycles. The molecule has 0 aliphatic carbocycles. The Hall–Kier alpha value is -0.0400. The smallest absolute Gasteiger partial charge is 0.0140 e. The lowest BCUT2D eigenvalue weighted by Gasteiger charge is -2.23. The van der Waals surface area contributed by atoms with Gasteiger partial charge in [-0.2, -0.15) is 0 Å². The molecule has 0 rings (SSSR count). The third-order valence-corrected chi connectivity index (χ3v) is 2.97. The van der Waals surface area contributed by atoms with Crippen molar-refractivity contribution in [1.29, 1.82) is 0 Å². The summed E-state index contributed by atoms with van der Waals surface area (Å²) >= 11 is 0. The van der Waals surface area contributed by atoms with E-state index in [-0.39, 0.29) is 0 Å². The molecule has 0 fully saturated rings. The van der Waals surface area contributed by atoms with Gasteiger partial charge in [-0.3, -0.25) is 0 Å². The lowest BCUT2D eigenvalue weighted by molar-refractivity contribution is 0.280. The average Bonchev–Trinajstić information content (AvgIpc) is 2.10. The van der Waals surface area contributed by atoms with E-state index in [0.717, 1.165) is 11.8 Å². The van der Waals surface area contributed by atoms with Crippen molar-refractivity contribution in [2.45, 2.75) is 60.8 Å². The van der Waals surface area contributed by atoms with Gasteiger partial charge in [-0.25, -0.2) is 0 Å². The van der Waals surface area contributed by atoms with Crippen molar-refractivity contribution in [3.05, 3.63) is 0 Å². The maximum Gasteiger partial charge on any atom is -0.0140 e. The van der Waals surface area contributed by atoms with Crippen LogP contribution in [0.25, 0.3) is 0 Å². The van der Waals surface area contributed by atoms with Crippen LogP contribution in [0.4, 0.5) is 0 Å². The van der Waals surface area contributed by atoms with Crippen LogP contribution in [0, 0.1) is 17.3 Å². The van der Waals surface area contributed by atoms with Gasteiger partial charge in [0.2, 0.25) is 0 Å². The van der Waals surface area contributed by atoms with E-state index in [1.165, 1.54) is 19.3 Å². The Morgan fingerprint density at radius 1 is 0.938 bits per heavy atom. The summed E-state index contributed by atoms with van der Waals surface area (Å²) in [5.41, 5.74) is 0.516. The van der Waals surface area contributed by atoms with Crippen LogP contribution in [0.1, 0.15) is 60.8 Å². The second-order valence-corrected chi connectivity index (χ2v) is 6.80. The first-order chi connectivity index (χ1) is 7.10. The van der Waals surface area contributed by atoms with Gasteiger partial charge in [0, 0.05) is 0 Å². The lowest BCUT2D eigenvalue weighted by Crippen LogP contribution is -2.12. The Bertz CT molecular complexity index is 141. The molecule has 0 amide bonds. The topological polar surface area (TPSA) is 3.24 Å². The third-order valence-electron chi connectivity index (χ3n) is 2.97. The molecule has 0 aromatic carbocycles. The molecule has 0 radical (unpaired) electrons. The summed E-state index contributed by atoms with van der Waals surface area (Å²) in [6.07, 6.45) is 4.07. The molecule has 0 aromatic heterocycles. The molecule has 0 aliphatic heterocycles. The van der Waals surface area contributed by atoms with E-state index >= 15 is 0 Å². The van der Waals surface area contributed by atoms with Crippen LogP contribution in [0.3, 0.4) is 0 Å². The van der Waals surface area contributed by atoms with Crippen molar-refractivity contribution in [2.75, 3.05) is 21.1 Å². The Labute approximate surface area is 105 Å². The summed E-state index contributed by atoms with van der Waals surface area (Å²) in [5, 5.41) is 0. The van der Waals surface area contributed by atoms with Crippen molar-refractivity contribution in [2.24, 2.45) is 17.3 Å². The average molecular weight is 229 g/mol. The zero-order chi connectivity index (χ0) is 13.4. The second kappa shape index (κ2) is 9.04. The molecule has 100 valence electrons. The largest absolute Gasteiger partial charge is 0.312 e. The van der Waals surface area contributed by atoms with Gasteiger partial charge in [-0.15, -0.1) is 0 Å². The molecule has 2 unspecified atom stereocenters. The molecule has 0 bridgehead atoms. The zero-order valence-corrected chi connectivity index (χ0v) is 13.2. The fraction of sp³-hybridized carbons (Fsp3) is 1.00. The fourth-order valence-electron chi connectivity index (χ4n) is 1.35. The molecule has 2 atom stereocenters. The van der Waals surface area contributed by atoms with Gasteiger partial charge in [0.15, 0.2) is 0 Å². The molecular weight excluding hydrogens is 194 g/mol. The van der Waals surface area contributed by atoms with Crippen LogP contribution in [0.2, 0.25) is 0 Å². The monoisotopic (exact) mass is 229 g/mol. The minimum atomic E-state index is 0.516. The van der Waals surface area contributed by atoms with Gasteiger partial charge in [0.05, 0.1) is 0 Å². The summed E-state index contributed by atoms with van der Waals surface area (Å²) in [4.78, 5) is 2.00. The first-order valence-corrected chi connectivity index (χ1v) is 6.71. The molecule has 0 aromatic rings. The Kier molecular flexibility index (Phi) is 10.4. The van der Waals surface area contributed by atoms with Gasteiger partial charge in [-0.1, -0.05) is 48.0 Å². The molecule has 0 spiro atoms. The van der Waals surface area contributed by atoms with E-state index in [1.54, 1.807) is 0 Å². The van der Waals surface area contributed by atoms with Crippen LogP contribution in [0.5, 0.6) is 0 Å². The third kappa shape index (κ3) is 16.4. The molecule has 0 saturated heterocycles. The van der Waals surface area contributed by atoms with E-state index in [2.05, 4.69) is 41.5 Å². The van der Waals surface area contributed by atoms with Crippen LogP contribution in [-0.4, -0.2) is 26.0 Å². The molecule has 16 heavy (non-hydrogen) atoms. The summed E-state index contributed by atoms with van der Waals surface area (Å²) in [6, 6.07) is 0. The molecule has 0 N–H and O–H groups in total. The van der Waals surface area contributed by atoms with Gasteiger partial charge in [-0.05, 0) is 51.2 Å². The fourth-order valence-corrected chi connectivity index (χ4v) is 1.35. The summed E-state index contributed by atoms with van der Waals surface area (Å²) in [5.74, 6) is 1.79. The molecular formula is C15H35N. The molecule has 0 aliphatic rings. The highest BCUT2D eigenvalue weighted by Gasteiger charge is 2.15. The lowest BCUT2D eigenvalue weighted by atomic mass is 9.82. The quantitative estimate of drug-likeness (QED) is 0.677. The summed E-state index contributed by atoms with van der Waals surface area (Å²) in [6.45, 7) is 14.0. The predicted octanol–water partition coefficient (Wildman–Crippen LogP) is 4.67. The van der Waals surface area contributed by atoms with Crippen molar-refractivity contribution >= 4 is 0 Å². The number of nitrogens with zero attached hydrogens (tertiary/aromatic N) is 1. The van der Waals surface area contributed by atoms with E-state index in [4.69, 9.17) is 0 Å².